The van der Waals surface area contributed by atoms with Crippen molar-refractivity contribution in [2.45, 2.75) is 26.3 Å². The second-order valence-corrected chi connectivity index (χ2v) is 3.60. The minimum absolute atomic E-state index is 0.0741. The Morgan fingerprint density at radius 1 is 1.33 bits per heavy atom. The van der Waals surface area contributed by atoms with Crippen molar-refractivity contribution >= 4 is 5.78 Å². The number of nitrogens with two attached hydrogens (primary N) is 2. The fourth-order valence-corrected chi connectivity index (χ4v) is 1.73. The van der Waals surface area contributed by atoms with Gasteiger partial charge in [-0.25, -0.2) is 0 Å². The molecule has 0 aliphatic rings. The van der Waals surface area contributed by atoms with Crippen LogP contribution in [0, 0.1) is 0 Å². The molecular formula is C12H18N2O. The van der Waals surface area contributed by atoms with E-state index in [4.69, 9.17) is 11.5 Å². The number of ketones is 1. The van der Waals surface area contributed by atoms with Crippen molar-refractivity contribution in [3.05, 3.63) is 34.9 Å². The number of carbonyl (C=O) groups excluding carboxylic acids is 1. The summed E-state index contributed by atoms with van der Waals surface area (Å²) in [4.78, 5) is 11.4. The fraction of sp³-hybridized carbons (Fsp3) is 0.417. The fourth-order valence-electron chi connectivity index (χ4n) is 1.73. The van der Waals surface area contributed by atoms with E-state index < -0.39 is 0 Å². The number of hydrogen-bond acceptors (Lipinski definition) is 3. The first-order chi connectivity index (χ1) is 7.20. The predicted molar refractivity (Wildman–Crippen MR) is 61.7 cm³/mol. The average Bonchev–Trinajstić information content (AvgIpc) is 2.25. The number of Topliss-reactive ketones (excluding diaryl/α,β-unsaturated/α-hetero) is 1. The van der Waals surface area contributed by atoms with Crippen LogP contribution in [-0.2, 0) is 13.0 Å². The second kappa shape index (κ2) is 5.63. The van der Waals surface area contributed by atoms with Crippen molar-refractivity contribution in [2.75, 3.05) is 6.54 Å². The standard InChI is InChI=1S/C12H18N2O/c1-9(15)11-6-2-4-10(5-3-7-13)12(11)8-14/h2,4,6H,3,5,7-8,13-14H2,1H3. The zero-order valence-corrected chi connectivity index (χ0v) is 9.12. The summed E-state index contributed by atoms with van der Waals surface area (Å²) >= 11 is 0. The lowest BCUT2D eigenvalue weighted by atomic mass is 9.96. The molecule has 0 spiro atoms. The molecule has 0 aromatic heterocycles. The van der Waals surface area contributed by atoms with Gasteiger partial charge in [0.05, 0.1) is 0 Å². The molecule has 0 saturated heterocycles. The van der Waals surface area contributed by atoms with Crippen LogP contribution < -0.4 is 11.5 Å². The number of hydrogen-bond donors (Lipinski definition) is 2. The molecule has 1 aromatic rings. The summed E-state index contributed by atoms with van der Waals surface area (Å²) in [6.45, 7) is 2.64. The van der Waals surface area contributed by atoms with E-state index in [-0.39, 0.29) is 5.78 Å². The van der Waals surface area contributed by atoms with Crippen LogP contribution in [0.5, 0.6) is 0 Å². The molecule has 1 rings (SSSR count). The van der Waals surface area contributed by atoms with Crippen LogP contribution in [0.2, 0.25) is 0 Å². The maximum absolute atomic E-state index is 11.4. The normalized spacial score (nSPS) is 10.3. The van der Waals surface area contributed by atoms with Gasteiger partial charge in [0.2, 0.25) is 0 Å². The van der Waals surface area contributed by atoms with Crippen molar-refractivity contribution in [3.8, 4) is 0 Å². The Hall–Kier alpha value is -1.19. The van der Waals surface area contributed by atoms with Gasteiger partial charge in [0.15, 0.2) is 5.78 Å². The lowest BCUT2D eigenvalue weighted by molar-refractivity contribution is 0.101. The highest BCUT2D eigenvalue weighted by molar-refractivity contribution is 5.95. The molecule has 0 aliphatic carbocycles. The smallest absolute Gasteiger partial charge is 0.160 e. The average molecular weight is 206 g/mol. The summed E-state index contributed by atoms with van der Waals surface area (Å²) in [5.74, 6) is 0.0741. The van der Waals surface area contributed by atoms with Gasteiger partial charge in [0.25, 0.3) is 0 Å². The van der Waals surface area contributed by atoms with Gasteiger partial charge in [-0.1, -0.05) is 18.2 Å². The molecule has 0 radical (unpaired) electrons. The van der Waals surface area contributed by atoms with Crippen molar-refractivity contribution in [2.24, 2.45) is 11.5 Å². The molecule has 4 N–H and O–H groups in total. The third kappa shape index (κ3) is 2.88. The Labute approximate surface area is 90.5 Å². The molecule has 0 heterocycles. The van der Waals surface area contributed by atoms with Crippen LogP contribution in [-0.4, -0.2) is 12.3 Å². The van der Waals surface area contributed by atoms with E-state index in [9.17, 15) is 4.79 Å². The number of aryl methyl sites for hydroxylation is 1. The van der Waals surface area contributed by atoms with Gasteiger partial charge in [0, 0.05) is 12.1 Å². The first-order valence-corrected chi connectivity index (χ1v) is 5.22. The van der Waals surface area contributed by atoms with E-state index in [1.807, 2.05) is 18.2 Å². The van der Waals surface area contributed by atoms with E-state index in [2.05, 4.69) is 0 Å². The molecule has 82 valence electrons. The van der Waals surface area contributed by atoms with E-state index in [0.717, 1.165) is 29.5 Å². The summed E-state index contributed by atoms with van der Waals surface area (Å²) in [5.41, 5.74) is 14.0. The number of benzene rings is 1. The first kappa shape index (κ1) is 11.9. The van der Waals surface area contributed by atoms with Crippen molar-refractivity contribution in [1.29, 1.82) is 0 Å². The summed E-state index contributed by atoms with van der Waals surface area (Å²) in [5, 5.41) is 0. The Morgan fingerprint density at radius 3 is 2.60 bits per heavy atom. The van der Waals surface area contributed by atoms with Crippen LogP contribution in [0.4, 0.5) is 0 Å². The second-order valence-electron chi connectivity index (χ2n) is 3.60. The van der Waals surface area contributed by atoms with Crippen LogP contribution in [0.15, 0.2) is 18.2 Å². The molecule has 0 unspecified atom stereocenters. The largest absolute Gasteiger partial charge is 0.330 e. The quantitative estimate of drug-likeness (QED) is 0.712. The van der Waals surface area contributed by atoms with Gasteiger partial charge < -0.3 is 11.5 Å². The zero-order chi connectivity index (χ0) is 11.3. The molecule has 3 nitrogen and oxygen atoms in total. The Balaban J connectivity index is 3.04. The summed E-state index contributed by atoms with van der Waals surface area (Å²) in [7, 11) is 0. The molecule has 0 amide bonds. The van der Waals surface area contributed by atoms with Gasteiger partial charge in [0.1, 0.15) is 0 Å². The third-order valence-electron chi connectivity index (χ3n) is 2.51. The van der Waals surface area contributed by atoms with Crippen molar-refractivity contribution in [1.82, 2.24) is 0 Å². The molecule has 0 fully saturated rings. The maximum Gasteiger partial charge on any atom is 0.160 e. The van der Waals surface area contributed by atoms with Crippen LogP contribution in [0.25, 0.3) is 0 Å². The van der Waals surface area contributed by atoms with Gasteiger partial charge in [-0.3, -0.25) is 4.79 Å². The predicted octanol–water partition coefficient (Wildman–Crippen LogP) is 1.24. The highest BCUT2D eigenvalue weighted by Crippen LogP contribution is 2.16. The summed E-state index contributed by atoms with van der Waals surface area (Å²) in [6.07, 6.45) is 1.82. The molecule has 3 heteroatoms. The Bertz CT molecular complexity index is 347. The monoisotopic (exact) mass is 206 g/mol. The molecule has 0 bridgehead atoms. The summed E-state index contributed by atoms with van der Waals surface area (Å²) < 4.78 is 0. The van der Waals surface area contributed by atoms with Crippen LogP contribution >= 0.6 is 0 Å². The van der Waals surface area contributed by atoms with Gasteiger partial charge >= 0.3 is 0 Å². The highest BCUT2D eigenvalue weighted by atomic mass is 16.1. The Kier molecular flexibility index (Phi) is 4.46. The van der Waals surface area contributed by atoms with E-state index >= 15 is 0 Å². The first-order valence-electron chi connectivity index (χ1n) is 5.22. The third-order valence-corrected chi connectivity index (χ3v) is 2.51. The van der Waals surface area contributed by atoms with Gasteiger partial charge in [-0.2, -0.15) is 0 Å². The lowest BCUT2D eigenvalue weighted by Crippen LogP contribution is -2.10. The minimum atomic E-state index is 0.0741. The lowest BCUT2D eigenvalue weighted by Gasteiger charge is -2.11. The van der Waals surface area contributed by atoms with E-state index in [1.54, 1.807) is 6.92 Å². The van der Waals surface area contributed by atoms with E-state index in [0.29, 0.717) is 13.1 Å². The zero-order valence-electron chi connectivity index (χ0n) is 9.12. The topological polar surface area (TPSA) is 69.1 Å². The summed E-state index contributed by atoms with van der Waals surface area (Å²) in [6, 6.07) is 5.75. The highest BCUT2D eigenvalue weighted by Gasteiger charge is 2.09. The number of rotatable bonds is 5. The molecule has 15 heavy (non-hydrogen) atoms. The number of carbonyl (C=O) groups is 1. The Morgan fingerprint density at radius 2 is 2.07 bits per heavy atom. The van der Waals surface area contributed by atoms with Gasteiger partial charge in [-0.15, -0.1) is 0 Å². The minimum Gasteiger partial charge on any atom is -0.330 e. The van der Waals surface area contributed by atoms with Crippen LogP contribution in [0.1, 0.15) is 34.8 Å². The molecular weight excluding hydrogens is 188 g/mol. The maximum atomic E-state index is 11.4. The molecule has 0 saturated carbocycles. The van der Waals surface area contributed by atoms with Crippen LogP contribution in [0.3, 0.4) is 0 Å². The van der Waals surface area contributed by atoms with Crippen molar-refractivity contribution in [3.63, 3.8) is 0 Å². The molecule has 0 atom stereocenters. The van der Waals surface area contributed by atoms with E-state index in [1.165, 1.54) is 0 Å². The SMILES string of the molecule is CC(=O)c1cccc(CCCN)c1CN. The molecule has 1 aromatic carbocycles. The van der Waals surface area contributed by atoms with Gasteiger partial charge in [-0.05, 0) is 37.4 Å². The molecule has 0 aliphatic heterocycles. The van der Waals surface area contributed by atoms with Crippen molar-refractivity contribution < 1.29 is 4.79 Å².